The van der Waals surface area contributed by atoms with Crippen LogP contribution in [0, 0.1) is 0 Å². The molecule has 0 spiro atoms. The highest BCUT2D eigenvalue weighted by Gasteiger charge is 2.24. The molecule has 1 aromatic heterocycles. The number of fused-ring (bicyclic) bond motifs is 1. The maximum absolute atomic E-state index is 11.8. The van der Waals surface area contributed by atoms with Crippen molar-refractivity contribution in [1.82, 2.24) is 9.88 Å². The lowest BCUT2D eigenvalue weighted by molar-refractivity contribution is 0.0816. The van der Waals surface area contributed by atoms with Crippen LogP contribution in [0.15, 0.2) is 36.7 Å². The molecule has 3 rings (SSSR count). The molecule has 4 heteroatoms. The van der Waals surface area contributed by atoms with Crippen molar-refractivity contribution in [2.45, 2.75) is 6.54 Å². The van der Waals surface area contributed by atoms with Gasteiger partial charge in [0.25, 0.3) is 5.91 Å². The Morgan fingerprint density at radius 1 is 1.21 bits per heavy atom. The van der Waals surface area contributed by atoms with Crippen molar-refractivity contribution in [2.24, 2.45) is 0 Å². The lowest BCUT2D eigenvalue weighted by atomic mass is 10.0. The summed E-state index contributed by atoms with van der Waals surface area (Å²) in [5.74, 6) is 0.816. The quantitative estimate of drug-likeness (QED) is 0.826. The van der Waals surface area contributed by atoms with Crippen LogP contribution >= 0.6 is 0 Å². The van der Waals surface area contributed by atoms with E-state index in [-0.39, 0.29) is 5.91 Å². The molecule has 0 atom stereocenters. The van der Waals surface area contributed by atoms with Crippen LogP contribution in [-0.4, -0.2) is 29.9 Å². The molecule has 1 aliphatic heterocycles. The predicted octanol–water partition coefficient (Wildman–Crippen LogP) is 2.34. The van der Waals surface area contributed by atoms with E-state index in [1.807, 2.05) is 31.3 Å². The normalized spacial score (nSPS) is 13.6. The third-order valence-electron chi connectivity index (χ3n) is 3.37. The van der Waals surface area contributed by atoms with Gasteiger partial charge in [0.05, 0.1) is 13.3 Å². The Hall–Kier alpha value is -2.36. The zero-order chi connectivity index (χ0) is 13.4. The highest BCUT2D eigenvalue weighted by molar-refractivity contribution is 5.98. The highest BCUT2D eigenvalue weighted by atomic mass is 16.5. The van der Waals surface area contributed by atoms with Gasteiger partial charge in [-0.05, 0) is 29.3 Å². The Morgan fingerprint density at radius 2 is 2.05 bits per heavy atom. The number of ether oxygens (including phenoxy) is 1. The second-order valence-electron chi connectivity index (χ2n) is 4.65. The van der Waals surface area contributed by atoms with E-state index in [0.717, 1.165) is 28.0 Å². The Kier molecular flexibility index (Phi) is 2.71. The van der Waals surface area contributed by atoms with Crippen LogP contribution in [0.4, 0.5) is 0 Å². The van der Waals surface area contributed by atoms with Crippen LogP contribution in [0.2, 0.25) is 0 Å². The van der Waals surface area contributed by atoms with Crippen molar-refractivity contribution in [2.75, 3.05) is 14.2 Å². The fourth-order valence-corrected chi connectivity index (χ4v) is 2.33. The van der Waals surface area contributed by atoms with E-state index < -0.39 is 0 Å². The second kappa shape index (κ2) is 4.39. The van der Waals surface area contributed by atoms with E-state index in [1.54, 1.807) is 24.4 Å². The molecule has 0 aliphatic carbocycles. The Morgan fingerprint density at radius 3 is 2.84 bits per heavy atom. The van der Waals surface area contributed by atoms with Crippen molar-refractivity contribution in [3.05, 3.63) is 47.8 Å². The minimum atomic E-state index is 0.0883. The van der Waals surface area contributed by atoms with Crippen LogP contribution in [0.5, 0.6) is 5.75 Å². The zero-order valence-corrected chi connectivity index (χ0v) is 10.9. The summed E-state index contributed by atoms with van der Waals surface area (Å²) in [6, 6.07) is 7.82. The Balaban J connectivity index is 2.03. The molecule has 96 valence electrons. The van der Waals surface area contributed by atoms with Crippen LogP contribution in [0.3, 0.4) is 0 Å². The maximum Gasteiger partial charge on any atom is 0.254 e. The number of benzene rings is 1. The second-order valence-corrected chi connectivity index (χ2v) is 4.65. The average Bonchev–Trinajstić information content (AvgIpc) is 2.73. The van der Waals surface area contributed by atoms with Crippen molar-refractivity contribution in [3.8, 4) is 16.9 Å². The molecule has 4 nitrogen and oxygen atoms in total. The molecule has 0 saturated carbocycles. The zero-order valence-electron chi connectivity index (χ0n) is 10.9. The molecule has 1 aliphatic rings. The van der Waals surface area contributed by atoms with Gasteiger partial charge in [-0.15, -0.1) is 0 Å². The van der Waals surface area contributed by atoms with Gasteiger partial charge < -0.3 is 9.64 Å². The fraction of sp³-hybridized carbons (Fsp3) is 0.200. The largest absolute Gasteiger partial charge is 0.495 e. The molecule has 0 saturated heterocycles. The number of rotatable bonds is 2. The molecule has 0 unspecified atom stereocenters. The number of carbonyl (C=O) groups excluding carboxylic acids is 1. The number of nitrogens with zero attached hydrogens (tertiary/aromatic N) is 2. The summed E-state index contributed by atoms with van der Waals surface area (Å²) in [6.45, 7) is 0.666. The van der Waals surface area contributed by atoms with E-state index in [9.17, 15) is 4.79 Å². The van der Waals surface area contributed by atoms with Gasteiger partial charge in [-0.2, -0.15) is 0 Å². The SMILES string of the molecule is COc1cncc(-c2ccc3c(c2)CN(C)C3=O)c1. The van der Waals surface area contributed by atoms with Crippen molar-refractivity contribution >= 4 is 5.91 Å². The molecule has 19 heavy (non-hydrogen) atoms. The monoisotopic (exact) mass is 254 g/mol. The van der Waals surface area contributed by atoms with Gasteiger partial charge in [0.1, 0.15) is 5.75 Å². The summed E-state index contributed by atoms with van der Waals surface area (Å²) in [5.41, 5.74) is 3.90. The minimum absolute atomic E-state index is 0.0883. The third kappa shape index (κ3) is 1.95. The molecule has 1 amide bonds. The summed E-state index contributed by atoms with van der Waals surface area (Å²) in [5, 5.41) is 0. The Bertz CT molecular complexity index is 652. The molecular weight excluding hydrogens is 240 g/mol. The van der Waals surface area contributed by atoms with Crippen molar-refractivity contribution in [1.29, 1.82) is 0 Å². The van der Waals surface area contributed by atoms with E-state index in [1.165, 1.54) is 0 Å². The minimum Gasteiger partial charge on any atom is -0.495 e. The number of methoxy groups -OCH3 is 1. The first-order valence-corrected chi connectivity index (χ1v) is 6.07. The number of hydrogen-bond donors (Lipinski definition) is 0. The van der Waals surface area contributed by atoms with Gasteiger partial charge in [0, 0.05) is 30.9 Å². The average molecular weight is 254 g/mol. The summed E-state index contributed by atoms with van der Waals surface area (Å²) in [6.07, 6.45) is 3.47. The summed E-state index contributed by atoms with van der Waals surface area (Å²) in [4.78, 5) is 17.7. The predicted molar refractivity (Wildman–Crippen MR) is 72.0 cm³/mol. The van der Waals surface area contributed by atoms with Gasteiger partial charge in [-0.25, -0.2) is 0 Å². The molecule has 0 fully saturated rings. The first-order chi connectivity index (χ1) is 9.19. The first-order valence-electron chi connectivity index (χ1n) is 6.07. The molecule has 1 aromatic carbocycles. The summed E-state index contributed by atoms with van der Waals surface area (Å²) < 4.78 is 5.18. The van der Waals surface area contributed by atoms with Crippen molar-refractivity contribution < 1.29 is 9.53 Å². The van der Waals surface area contributed by atoms with Crippen LogP contribution in [0.1, 0.15) is 15.9 Å². The van der Waals surface area contributed by atoms with E-state index in [0.29, 0.717) is 6.54 Å². The van der Waals surface area contributed by atoms with Gasteiger partial charge in [0.2, 0.25) is 0 Å². The third-order valence-corrected chi connectivity index (χ3v) is 3.37. The first kappa shape index (κ1) is 11.7. The molecule has 2 aromatic rings. The lowest BCUT2D eigenvalue weighted by Crippen LogP contribution is -2.17. The standard InChI is InChI=1S/C15H14N2O2/c1-17-9-12-5-10(3-4-14(12)15(17)18)11-6-13(19-2)8-16-7-11/h3-8H,9H2,1-2H3. The summed E-state index contributed by atoms with van der Waals surface area (Å²) in [7, 11) is 3.44. The van der Waals surface area contributed by atoms with E-state index >= 15 is 0 Å². The summed E-state index contributed by atoms with van der Waals surface area (Å²) >= 11 is 0. The van der Waals surface area contributed by atoms with Crippen molar-refractivity contribution in [3.63, 3.8) is 0 Å². The highest BCUT2D eigenvalue weighted by Crippen LogP contribution is 2.28. The van der Waals surface area contributed by atoms with Gasteiger partial charge >= 0.3 is 0 Å². The van der Waals surface area contributed by atoms with Crippen LogP contribution in [0.25, 0.3) is 11.1 Å². The fourth-order valence-electron chi connectivity index (χ4n) is 2.33. The number of aromatic nitrogens is 1. The van der Waals surface area contributed by atoms with Gasteiger partial charge in [0.15, 0.2) is 0 Å². The smallest absolute Gasteiger partial charge is 0.254 e. The maximum atomic E-state index is 11.8. The number of hydrogen-bond acceptors (Lipinski definition) is 3. The number of pyridine rings is 1. The molecule has 0 bridgehead atoms. The van der Waals surface area contributed by atoms with Crippen LogP contribution in [-0.2, 0) is 6.54 Å². The van der Waals surface area contributed by atoms with Gasteiger partial charge in [-0.3, -0.25) is 9.78 Å². The van der Waals surface area contributed by atoms with Gasteiger partial charge in [-0.1, -0.05) is 6.07 Å². The molecule has 0 radical (unpaired) electrons. The Labute approximate surface area is 111 Å². The molecule has 0 N–H and O–H groups in total. The number of amides is 1. The van der Waals surface area contributed by atoms with Crippen LogP contribution < -0.4 is 4.74 Å². The van der Waals surface area contributed by atoms with E-state index in [4.69, 9.17) is 4.74 Å². The lowest BCUT2D eigenvalue weighted by Gasteiger charge is -2.05. The molecular formula is C15H14N2O2. The van der Waals surface area contributed by atoms with E-state index in [2.05, 4.69) is 4.98 Å². The number of carbonyl (C=O) groups is 1. The topological polar surface area (TPSA) is 42.4 Å². The molecule has 2 heterocycles.